The monoisotopic (exact) mass is 317 g/mol. The third-order valence-electron chi connectivity index (χ3n) is 3.64. The molecule has 21 heavy (non-hydrogen) atoms. The molecule has 1 N–H and O–H groups in total. The van der Waals surface area contributed by atoms with Gasteiger partial charge >= 0.3 is 5.82 Å². The number of nitrogens with one attached hydrogen (secondary N) is 1. The van der Waals surface area contributed by atoms with E-state index in [0.717, 1.165) is 19.4 Å². The van der Waals surface area contributed by atoms with E-state index in [2.05, 4.69) is 10.3 Å². The highest BCUT2D eigenvalue weighted by Gasteiger charge is 2.24. The van der Waals surface area contributed by atoms with Crippen molar-refractivity contribution in [1.29, 1.82) is 0 Å². The maximum Gasteiger partial charge on any atom is 0.381 e. The Labute approximate surface area is 129 Å². The van der Waals surface area contributed by atoms with Crippen LogP contribution in [-0.2, 0) is 11.3 Å². The van der Waals surface area contributed by atoms with Crippen molar-refractivity contribution >= 4 is 24.1 Å². The second-order valence-electron chi connectivity index (χ2n) is 5.00. The summed E-state index contributed by atoms with van der Waals surface area (Å²) in [5.41, 5.74) is 0. The molecule has 118 valence electrons. The van der Waals surface area contributed by atoms with Crippen LogP contribution >= 0.6 is 12.4 Å². The number of carbonyl (C=O) groups is 1. The normalized spacial score (nSPS) is 18.2. The summed E-state index contributed by atoms with van der Waals surface area (Å²) in [6.07, 6.45) is 3.35. The third kappa shape index (κ3) is 4.15. The number of likely N-dealkylation sites (tertiary alicyclic amines) is 1. The smallest absolute Gasteiger partial charge is 0.358 e. The first-order chi connectivity index (χ1) is 9.51. The highest BCUT2D eigenvalue weighted by Crippen LogP contribution is 2.13. The summed E-state index contributed by atoms with van der Waals surface area (Å²) in [4.78, 5) is 28.0. The van der Waals surface area contributed by atoms with Gasteiger partial charge in [-0.3, -0.25) is 9.36 Å². The van der Waals surface area contributed by atoms with Crippen LogP contribution in [0.1, 0.15) is 18.7 Å². The molecule has 1 aromatic rings. The van der Waals surface area contributed by atoms with Gasteiger partial charge in [0.1, 0.15) is 12.7 Å². The minimum Gasteiger partial charge on any atom is -0.358 e. The Morgan fingerprint density at radius 1 is 1.62 bits per heavy atom. The lowest BCUT2D eigenvalue weighted by molar-refractivity contribution is -0.389. The lowest BCUT2D eigenvalue weighted by Crippen LogP contribution is -2.47. The summed E-state index contributed by atoms with van der Waals surface area (Å²) in [5.74, 6) is 0.231. The van der Waals surface area contributed by atoms with Crippen LogP contribution in [0.5, 0.6) is 0 Å². The highest BCUT2D eigenvalue weighted by atomic mass is 35.5. The summed E-state index contributed by atoms with van der Waals surface area (Å²) in [7, 11) is 1.89. The Morgan fingerprint density at radius 2 is 2.33 bits per heavy atom. The van der Waals surface area contributed by atoms with E-state index in [0.29, 0.717) is 18.4 Å². The fourth-order valence-corrected chi connectivity index (χ4v) is 2.42. The standard InChI is InChI=1S/C12H19N5O3.ClH/c1-9-14-11(17(19)20)7-16(9)8-12(18)15-5-3-4-10(6-15)13-2;/h7,10,13H,3-6,8H2,1-2H3;1H. The van der Waals surface area contributed by atoms with Crippen molar-refractivity contribution in [3.05, 3.63) is 22.1 Å². The zero-order valence-electron chi connectivity index (χ0n) is 12.1. The van der Waals surface area contributed by atoms with Crippen molar-refractivity contribution in [2.24, 2.45) is 0 Å². The van der Waals surface area contributed by atoms with Crippen LogP contribution in [0.3, 0.4) is 0 Å². The predicted octanol–water partition coefficient (Wildman–Crippen LogP) is 0.732. The first kappa shape index (κ1) is 17.4. The van der Waals surface area contributed by atoms with Crippen LogP contribution in [0.4, 0.5) is 5.82 Å². The van der Waals surface area contributed by atoms with Gasteiger partial charge in [0.05, 0.1) is 0 Å². The number of aromatic nitrogens is 2. The molecule has 2 heterocycles. The summed E-state index contributed by atoms with van der Waals surface area (Å²) in [6.45, 7) is 3.19. The number of imidazole rings is 1. The number of nitrogens with zero attached hydrogens (tertiary/aromatic N) is 4. The number of nitro groups is 1. The Balaban J connectivity index is 0.00000220. The van der Waals surface area contributed by atoms with E-state index in [1.54, 1.807) is 11.8 Å². The van der Waals surface area contributed by atoms with Crippen molar-refractivity contribution in [1.82, 2.24) is 19.8 Å². The van der Waals surface area contributed by atoms with Crippen LogP contribution in [0.2, 0.25) is 0 Å². The topological polar surface area (TPSA) is 93.3 Å². The Hall–Kier alpha value is -1.67. The number of likely N-dealkylation sites (N-methyl/N-ethyl adjacent to an activating group) is 1. The van der Waals surface area contributed by atoms with Crippen molar-refractivity contribution in [3.8, 4) is 0 Å². The molecule has 1 atom stereocenters. The largest absolute Gasteiger partial charge is 0.381 e. The lowest BCUT2D eigenvalue weighted by atomic mass is 10.1. The van der Waals surface area contributed by atoms with Gasteiger partial charge < -0.3 is 20.3 Å². The second kappa shape index (κ2) is 7.37. The summed E-state index contributed by atoms with van der Waals surface area (Å²) < 4.78 is 1.53. The summed E-state index contributed by atoms with van der Waals surface area (Å²) >= 11 is 0. The number of amides is 1. The third-order valence-corrected chi connectivity index (χ3v) is 3.64. The molecular weight excluding hydrogens is 298 g/mol. The molecule has 1 aromatic heterocycles. The predicted molar refractivity (Wildman–Crippen MR) is 79.5 cm³/mol. The van der Waals surface area contributed by atoms with Crippen LogP contribution < -0.4 is 5.32 Å². The number of piperidine rings is 1. The molecule has 1 fully saturated rings. The van der Waals surface area contributed by atoms with E-state index in [1.165, 1.54) is 10.8 Å². The fourth-order valence-electron chi connectivity index (χ4n) is 2.42. The molecular formula is C12H20ClN5O3. The van der Waals surface area contributed by atoms with Gasteiger partial charge in [0, 0.05) is 26.1 Å². The van der Waals surface area contributed by atoms with E-state index in [-0.39, 0.29) is 30.7 Å². The quantitative estimate of drug-likeness (QED) is 0.653. The second-order valence-corrected chi connectivity index (χ2v) is 5.00. The number of carbonyl (C=O) groups excluding carboxylic acids is 1. The average Bonchev–Trinajstić information content (AvgIpc) is 2.80. The zero-order chi connectivity index (χ0) is 14.7. The van der Waals surface area contributed by atoms with E-state index in [9.17, 15) is 14.9 Å². The molecule has 0 saturated carbocycles. The van der Waals surface area contributed by atoms with Gasteiger partial charge in [-0.15, -0.1) is 12.4 Å². The number of rotatable bonds is 4. The molecule has 0 bridgehead atoms. The molecule has 2 rings (SSSR count). The van der Waals surface area contributed by atoms with Crippen LogP contribution in [0.25, 0.3) is 0 Å². The van der Waals surface area contributed by atoms with Gasteiger partial charge in [-0.25, -0.2) is 0 Å². The molecule has 8 nitrogen and oxygen atoms in total. The van der Waals surface area contributed by atoms with Crippen molar-refractivity contribution in [2.45, 2.75) is 32.4 Å². The summed E-state index contributed by atoms with van der Waals surface area (Å²) in [6, 6.07) is 0.325. The maximum absolute atomic E-state index is 12.2. The van der Waals surface area contributed by atoms with E-state index < -0.39 is 4.92 Å². The molecule has 0 aliphatic carbocycles. The molecule has 1 amide bonds. The van der Waals surface area contributed by atoms with E-state index in [1.807, 2.05) is 7.05 Å². The van der Waals surface area contributed by atoms with Crippen LogP contribution in [0.15, 0.2) is 6.20 Å². The van der Waals surface area contributed by atoms with Crippen LogP contribution in [-0.4, -0.2) is 51.5 Å². The molecule has 1 unspecified atom stereocenters. The molecule has 1 saturated heterocycles. The average molecular weight is 318 g/mol. The minimum atomic E-state index is -0.550. The Morgan fingerprint density at radius 3 is 2.90 bits per heavy atom. The molecule has 1 aliphatic heterocycles. The molecule has 9 heteroatoms. The minimum absolute atomic E-state index is 0. The van der Waals surface area contributed by atoms with Crippen molar-refractivity contribution in [2.75, 3.05) is 20.1 Å². The van der Waals surface area contributed by atoms with Gasteiger partial charge in [-0.2, -0.15) is 0 Å². The number of halogens is 1. The van der Waals surface area contributed by atoms with Gasteiger partial charge in [-0.05, 0) is 29.8 Å². The van der Waals surface area contributed by atoms with Crippen molar-refractivity contribution < 1.29 is 9.72 Å². The maximum atomic E-state index is 12.2. The zero-order valence-corrected chi connectivity index (χ0v) is 12.9. The summed E-state index contributed by atoms with van der Waals surface area (Å²) in [5, 5.41) is 13.8. The Kier molecular flexibility index (Phi) is 6.10. The first-order valence-electron chi connectivity index (χ1n) is 6.64. The van der Waals surface area contributed by atoms with Crippen LogP contribution in [0, 0.1) is 17.0 Å². The SMILES string of the molecule is CNC1CCCN(C(=O)Cn2cc([N+](=O)[O-])nc2C)C1.Cl. The number of hydrogen-bond acceptors (Lipinski definition) is 5. The first-order valence-corrected chi connectivity index (χ1v) is 6.64. The molecule has 0 spiro atoms. The molecule has 0 aromatic carbocycles. The van der Waals surface area contributed by atoms with E-state index >= 15 is 0 Å². The van der Waals surface area contributed by atoms with Gasteiger partial charge in [0.2, 0.25) is 11.7 Å². The van der Waals surface area contributed by atoms with Gasteiger partial charge in [-0.1, -0.05) is 0 Å². The van der Waals surface area contributed by atoms with E-state index in [4.69, 9.17) is 0 Å². The Bertz CT molecular complexity index is 519. The number of aryl methyl sites for hydroxylation is 1. The molecule has 0 radical (unpaired) electrons. The van der Waals surface area contributed by atoms with Gasteiger partial charge in [0.15, 0.2) is 0 Å². The fraction of sp³-hybridized carbons (Fsp3) is 0.667. The van der Waals surface area contributed by atoms with Crippen molar-refractivity contribution in [3.63, 3.8) is 0 Å². The van der Waals surface area contributed by atoms with Gasteiger partial charge in [0.25, 0.3) is 0 Å². The lowest BCUT2D eigenvalue weighted by Gasteiger charge is -2.32. The molecule has 1 aliphatic rings. The number of hydrogen-bond donors (Lipinski definition) is 1. The highest BCUT2D eigenvalue weighted by molar-refractivity contribution is 5.85.